The topological polar surface area (TPSA) is 90.0 Å². The van der Waals surface area contributed by atoms with Gasteiger partial charge in [-0.15, -0.1) is 0 Å². The van der Waals surface area contributed by atoms with Crippen LogP contribution < -0.4 is 0 Å². The zero-order valence-electron chi connectivity index (χ0n) is 11.9. The van der Waals surface area contributed by atoms with Gasteiger partial charge in [-0.3, -0.25) is 4.79 Å². The third-order valence-corrected chi connectivity index (χ3v) is 3.25. The minimum absolute atomic E-state index is 0.354. The number of carbonyl (C=O) groups is 2. The molecule has 0 unspecified atom stereocenters. The van der Waals surface area contributed by atoms with Crippen LogP contribution in [-0.4, -0.2) is 43.0 Å². The third kappa shape index (κ3) is 4.61. The predicted molar refractivity (Wildman–Crippen MR) is 66.7 cm³/mol. The molecule has 0 bridgehead atoms. The van der Waals surface area contributed by atoms with Gasteiger partial charge in [-0.2, -0.15) is 21.6 Å². The molecule has 2 amide bonds. The van der Waals surface area contributed by atoms with Crippen molar-refractivity contribution in [2.45, 2.75) is 38.3 Å². The molecule has 7 nitrogen and oxygen atoms in total. The molecule has 0 aromatic heterocycles. The summed E-state index contributed by atoms with van der Waals surface area (Å²) in [4.78, 5) is 24.0. The summed E-state index contributed by atoms with van der Waals surface area (Å²) < 4.78 is 66.9. The zero-order valence-corrected chi connectivity index (χ0v) is 12.7. The van der Waals surface area contributed by atoms with E-state index >= 15 is 0 Å². The summed E-state index contributed by atoms with van der Waals surface area (Å²) in [5.74, 6) is -1.71. The van der Waals surface area contributed by atoms with Gasteiger partial charge in [0, 0.05) is 19.0 Å². The first kappa shape index (κ1) is 18.3. The van der Waals surface area contributed by atoms with Gasteiger partial charge < -0.3 is 8.92 Å². The van der Waals surface area contributed by atoms with Gasteiger partial charge in [0.25, 0.3) is 5.91 Å². The quantitative estimate of drug-likeness (QED) is 0.561. The van der Waals surface area contributed by atoms with Crippen molar-refractivity contribution >= 4 is 22.1 Å². The summed E-state index contributed by atoms with van der Waals surface area (Å²) in [5.41, 5.74) is -6.46. The number of imide groups is 1. The van der Waals surface area contributed by atoms with Gasteiger partial charge in [-0.05, 0) is 20.8 Å². The lowest BCUT2D eigenvalue weighted by atomic mass is 10.2. The molecule has 0 saturated heterocycles. The number of hydrogen-bond donors (Lipinski definition) is 0. The Labute approximate surface area is 124 Å². The number of nitrogens with zero attached hydrogens (tertiary/aromatic N) is 1. The number of rotatable bonds is 2. The average Bonchev–Trinajstić information content (AvgIpc) is 2.23. The van der Waals surface area contributed by atoms with Crippen LogP contribution in [0.25, 0.3) is 0 Å². The van der Waals surface area contributed by atoms with Crippen molar-refractivity contribution in [3.05, 3.63) is 11.8 Å². The second-order valence-electron chi connectivity index (χ2n) is 5.31. The number of ether oxygens (including phenoxy) is 1. The molecule has 1 aliphatic rings. The molecule has 22 heavy (non-hydrogen) atoms. The SMILES string of the molecule is CC(C)(C)OC(=O)N1CCC(OS(=O)(=O)C(F)(F)F)=CC1=O. The second kappa shape index (κ2) is 5.78. The van der Waals surface area contributed by atoms with Crippen LogP contribution in [0.5, 0.6) is 0 Å². The van der Waals surface area contributed by atoms with E-state index in [1.54, 1.807) is 20.8 Å². The van der Waals surface area contributed by atoms with Gasteiger partial charge in [-0.25, -0.2) is 9.69 Å². The largest absolute Gasteiger partial charge is 0.534 e. The number of amides is 2. The smallest absolute Gasteiger partial charge is 0.443 e. The molecular weight excluding hydrogens is 331 g/mol. The van der Waals surface area contributed by atoms with Crippen LogP contribution in [-0.2, 0) is 23.8 Å². The van der Waals surface area contributed by atoms with Crippen LogP contribution in [0.3, 0.4) is 0 Å². The maximum absolute atomic E-state index is 12.2. The monoisotopic (exact) mass is 345 g/mol. The van der Waals surface area contributed by atoms with Crippen LogP contribution in [0.4, 0.5) is 18.0 Å². The fourth-order valence-electron chi connectivity index (χ4n) is 1.37. The van der Waals surface area contributed by atoms with Crippen LogP contribution in [0.15, 0.2) is 11.8 Å². The molecular formula is C11H14F3NO6S. The Balaban J connectivity index is 2.83. The number of alkyl halides is 3. The molecule has 11 heteroatoms. The molecule has 0 aromatic carbocycles. The van der Waals surface area contributed by atoms with Gasteiger partial charge >= 0.3 is 21.7 Å². The lowest BCUT2D eigenvalue weighted by Crippen LogP contribution is -2.43. The zero-order chi connectivity index (χ0) is 17.3. The Morgan fingerprint density at radius 1 is 1.27 bits per heavy atom. The summed E-state index contributed by atoms with van der Waals surface area (Å²) in [7, 11) is -5.84. The van der Waals surface area contributed by atoms with Crippen molar-refractivity contribution in [2.24, 2.45) is 0 Å². The van der Waals surface area contributed by atoms with E-state index in [0.29, 0.717) is 11.0 Å². The van der Waals surface area contributed by atoms with Crippen LogP contribution in [0, 0.1) is 0 Å². The average molecular weight is 345 g/mol. The Hall–Kier alpha value is -1.78. The van der Waals surface area contributed by atoms with E-state index < -0.39 is 39.0 Å². The molecule has 1 rings (SSSR count). The molecule has 0 aliphatic carbocycles. The molecule has 0 radical (unpaired) electrons. The summed E-state index contributed by atoms with van der Waals surface area (Å²) in [6.07, 6.45) is -0.844. The van der Waals surface area contributed by atoms with Crippen molar-refractivity contribution in [1.29, 1.82) is 0 Å². The van der Waals surface area contributed by atoms with Crippen molar-refractivity contribution < 1.29 is 40.1 Å². The lowest BCUT2D eigenvalue weighted by molar-refractivity contribution is -0.126. The van der Waals surface area contributed by atoms with Crippen molar-refractivity contribution in [3.8, 4) is 0 Å². The number of halogens is 3. The minimum atomic E-state index is -5.84. The fraction of sp³-hybridized carbons (Fsp3) is 0.636. The Morgan fingerprint density at radius 3 is 2.23 bits per heavy atom. The van der Waals surface area contributed by atoms with Crippen LogP contribution in [0.1, 0.15) is 27.2 Å². The molecule has 0 N–H and O–H groups in total. The van der Waals surface area contributed by atoms with E-state index in [1.807, 2.05) is 0 Å². The van der Waals surface area contributed by atoms with E-state index in [-0.39, 0.29) is 13.0 Å². The normalized spacial score (nSPS) is 17.1. The van der Waals surface area contributed by atoms with Crippen molar-refractivity contribution in [1.82, 2.24) is 4.90 Å². The second-order valence-corrected chi connectivity index (χ2v) is 6.85. The van der Waals surface area contributed by atoms with Gasteiger partial charge in [0.05, 0.1) is 0 Å². The first-order chi connectivity index (χ1) is 9.73. The van der Waals surface area contributed by atoms with E-state index in [0.717, 1.165) is 0 Å². The third-order valence-electron chi connectivity index (χ3n) is 2.25. The summed E-state index contributed by atoms with van der Waals surface area (Å²) in [6.45, 7) is 4.35. The molecule has 1 aliphatic heterocycles. The lowest BCUT2D eigenvalue weighted by Gasteiger charge is -2.27. The summed E-state index contributed by atoms with van der Waals surface area (Å²) >= 11 is 0. The Morgan fingerprint density at radius 2 is 1.82 bits per heavy atom. The minimum Gasteiger partial charge on any atom is -0.443 e. The maximum atomic E-state index is 12.2. The van der Waals surface area contributed by atoms with Gasteiger partial charge in [0.1, 0.15) is 11.4 Å². The predicted octanol–water partition coefficient (Wildman–Crippen LogP) is 1.90. The highest BCUT2D eigenvalue weighted by Crippen LogP contribution is 2.28. The molecule has 126 valence electrons. The first-order valence-corrected chi connectivity index (χ1v) is 7.39. The molecule has 0 aromatic rings. The van der Waals surface area contributed by atoms with E-state index in [2.05, 4.69) is 4.18 Å². The van der Waals surface area contributed by atoms with Gasteiger partial charge in [0.15, 0.2) is 0 Å². The van der Waals surface area contributed by atoms with Crippen molar-refractivity contribution in [3.63, 3.8) is 0 Å². The van der Waals surface area contributed by atoms with E-state index in [1.165, 1.54) is 0 Å². The molecule has 0 saturated carbocycles. The first-order valence-electron chi connectivity index (χ1n) is 5.99. The highest BCUT2D eigenvalue weighted by atomic mass is 32.2. The van der Waals surface area contributed by atoms with Crippen LogP contribution in [0.2, 0.25) is 0 Å². The highest BCUT2D eigenvalue weighted by Gasteiger charge is 2.49. The van der Waals surface area contributed by atoms with Crippen molar-refractivity contribution in [2.75, 3.05) is 6.54 Å². The number of carbonyl (C=O) groups excluding carboxylic acids is 2. The summed E-state index contributed by atoms with van der Waals surface area (Å²) in [5, 5.41) is 0. The molecule has 1 heterocycles. The van der Waals surface area contributed by atoms with Gasteiger partial charge in [0.2, 0.25) is 0 Å². The highest BCUT2D eigenvalue weighted by molar-refractivity contribution is 7.87. The number of hydrogen-bond acceptors (Lipinski definition) is 6. The molecule has 0 spiro atoms. The molecule has 0 fully saturated rings. The van der Waals surface area contributed by atoms with Gasteiger partial charge in [-0.1, -0.05) is 0 Å². The molecule has 0 atom stereocenters. The summed E-state index contributed by atoms with van der Waals surface area (Å²) in [6, 6.07) is 0. The van der Waals surface area contributed by atoms with E-state index in [9.17, 15) is 31.2 Å². The maximum Gasteiger partial charge on any atom is 0.534 e. The fourth-order valence-corrected chi connectivity index (χ4v) is 1.88. The van der Waals surface area contributed by atoms with E-state index in [4.69, 9.17) is 4.74 Å². The standard InChI is InChI=1S/C11H14F3NO6S/c1-10(2,3)20-9(17)15-5-4-7(6-8(15)16)21-22(18,19)11(12,13)14/h6H,4-5H2,1-3H3. The van der Waals surface area contributed by atoms with Crippen LogP contribution >= 0.6 is 0 Å². The Bertz CT molecular complexity index is 602. The Kier molecular flexibility index (Phi) is 4.80.